The number of para-hydroxylation sites is 2. The number of thiophene rings is 1. The highest BCUT2D eigenvalue weighted by molar-refractivity contribution is 7.14. The van der Waals surface area contributed by atoms with Gasteiger partial charge in [-0.1, -0.05) is 25.5 Å². The second kappa shape index (κ2) is 8.57. The number of esters is 1. The van der Waals surface area contributed by atoms with Gasteiger partial charge in [-0.05, 0) is 55.9 Å². The molecule has 27 heavy (non-hydrogen) atoms. The van der Waals surface area contributed by atoms with E-state index in [1.807, 2.05) is 12.1 Å². The second-order valence-corrected chi connectivity index (χ2v) is 7.95. The third kappa shape index (κ3) is 4.50. The largest absolute Gasteiger partial charge is 0.495 e. The lowest BCUT2D eigenvalue weighted by Gasteiger charge is -2.19. The van der Waals surface area contributed by atoms with E-state index in [1.54, 1.807) is 25.1 Å². The Balaban J connectivity index is 1.62. The Morgan fingerprint density at radius 1 is 1.33 bits per heavy atom. The number of hydrogen-bond acceptors (Lipinski definition) is 5. The molecule has 2 atom stereocenters. The number of nitrogens with one attached hydrogen (secondary N) is 1. The molecule has 1 aromatic carbocycles. The maximum Gasteiger partial charge on any atom is 0.349 e. The molecule has 2 aromatic rings. The average Bonchev–Trinajstić information content (AvgIpc) is 3.11. The normalized spacial score (nSPS) is 16.9. The van der Waals surface area contributed by atoms with Crippen LogP contribution in [0.5, 0.6) is 5.75 Å². The molecule has 0 radical (unpaired) electrons. The van der Waals surface area contributed by atoms with Gasteiger partial charge in [0.2, 0.25) is 0 Å². The third-order valence-electron chi connectivity index (χ3n) is 4.98. The standard InChI is InChI=1S/C21H25NO4S/c1-4-14-9-10-18-15(11-14)12-19(27-18)21(24)26-13(2)20(23)22-16-7-5-6-8-17(16)25-3/h5-8,12-14H,4,9-11H2,1-3H3,(H,22,23)/t13-,14+/m0/s1. The molecular formula is C21H25NO4S. The van der Waals surface area contributed by atoms with Crippen molar-refractivity contribution in [1.82, 2.24) is 0 Å². The van der Waals surface area contributed by atoms with Gasteiger partial charge in [0.1, 0.15) is 10.6 Å². The molecule has 6 heteroatoms. The summed E-state index contributed by atoms with van der Waals surface area (Å²) in [6.45, 7) is 3.78. The number of carbonyl (C=O) groups excluding carboxylic acids is 2. The van der Waals surface area contributed by atoms with Gasteiger partial charge in [-0.2, -0.15) is 0 Å². The number of amides is 1. The van der Waals surface area contributed by atoms with E-state index in [0.717, 1.165) is 19.3 Å². The van der Waals surface area contributed by atoms with Crippen LogP contribution in [0.3, 0.4) is 0 Å². The summed E-state index contributed by atoms with van der Waals surface area (Å²) in [5.74, 6) is 0.424. The molecule has 0 saturated heterocycles. The molecular weight excluding hydrogens is 362 g/mol. The maximum atomic E-state index is 12.5. The Morgan fingerprint density at radius 2 is 2.11 bits per heavy atom. The third-order valence-corrected chi connectivity index (χ3v) is 6.20. The Morgan fingerprint density at radius 3 is 2.85 bits per heavy atom. The van der Waals surface area contributed by atoms with E-state index in [-0.39, 0.29) is 5.91 Å². The zero-order chi connectivity index (χ0) is 19.4. The fourth-order valence-electron chi connectivity index (χ4n) is 3.30. The average molecular weight is 388 g/mol. The first-order valence-electron chi connectivity index (χ1n) is 9.28. The molecule has 144 valence electrons. The van der Waals surface area contributed by atoms with Gasteiger partial charge in [-0.25, -0.2) is 4.79 Å². The van der Waals surface area contributed by atoms with Crippen LogP contribution >= 0.6 is 11.3 Å². The Labute approximate surface area is 163 Å². The van der Waals surface area contributed by atoms with E-state index in [0.29, 0.717) is 22.2 Å². The van der Waals surface area contributed by atoms with Gasteiger partial charge in [0.15, 0.2) is 6.10 Å². The number of rotatable bonds is 6. The zero-order valence-electron chi connectivity index (χ0n) is 15.9. The summed E-state index contributed by atoms with van der Waals surface area (Å²) in [5, 5.41) is 2.74. The first kappa shape index (κ1) is 19.4. The summed E-state index contributed by atoms with van der Waals surface area (Å²) < 4.78 is 10.6. The molecule has 0 aliphatic heterocycles. The van der Waals surface area contributed by atoms with Crippen molar-refractivity contribution in [3.05, 3.63) is 45.6 Å². The summed E-state index contributed by atoms with van der Waals surface area (Å²) >= 11 is 1.49. The highest BCUT2D eigenvalue weighted by Gasteiger charge is 2.25. The van der Waals surface area contributed by atoms with Crippen LogP contribution < -0.4 is 10.1 Å². The van der Waals surface area contributed by atoms with Crippen molar-refractivity contribution >= 4 is 28.9 Å². The summed E-state index contributed by atoms with van der Waals surface area (Å²) in [6.07, 6.45) is 3.49. The number of hydrogen-bond donors (Lipinski definition) is 1. The Kier molecular flexibility index (Phi) is 6.16. The van der Waals surface area contributed by atoms with Crippen molar-refractivity contribution in [1.29, 1.82) is 0 Å². The van der Waals surface area contributed by atoms with Crippen LogP contribution in [0.1, 0.15) is 46.8 Å². The highest BCUT2D eigenvalue weighted by Crippen LogP contribution is 2.34. The van der Waals surface area contributed by atoms with E-state index >= 15 is 0 Å². The molecule has 1 amide bonds. The summed E-state index contributed by atoms with van der Waals surface area (Å²) in [7, 11) is 1.54. The topological polar surface area (TPSA) is 64.6 Å². The predicted molar refractivity (Wildman–Crippen MR) is 107 cm³/mol. The smallest absolute Gasteiger partial charge is 0.349 e. The van der Waals surface area contributed by atoms with E-state index in [1.165, 1.54) is 35.3 Å². The minimum Gasteiger partial charge on any atom is -0.495 e. The van der Waals surface area contributed by atoms with Crippen molar-refractivity contribution in [3.63, 3.8) is 0 Å². The Hall–Kier alpha value is -2.34. The molecule has 1 N–H and O–H groups in total. The van der Waals surface area contributed by atoms with Crippen molar-refractivity contribution in [3.8, 4) is 5.75 Å². The summed E-state index contributed by atoms with van der Waals surface area (Å²) in [6, 6.07) is 9.05. The van der Waals surface area contributed by atoms with E-state index in [4.69, 9.17) is 9.47 Å². The molecule has 1 heterocycles. The molecule has 0 unspecified atom stereocenters. The molecule has 0 bridgehead atoms. The molecule has 1 aromatic heterocycles. The number of fused-ring (bicyclic) bond motifs is 1. The van der Waals surface area contributed by atoms with Gasteiger partial charge in [-0.15, -0.1) is 11.3 Å². The number of ether oxygens (including phenoxy) is 2. The fraction of sp³-hybridized carbons (Fsp3) is 0.429. The van der Waals surface area contributed by atoms with Gasteiger partial charge < -0.3 is 14.8 Å². The lowest BCUT2D eigenvalue weighted by molar-refractivity contribution is -0.123. The van der Waals surface area contributed by atoms with E-state index in [2.05, 4.69) is 12.2 Å². The Bertz CT molecular complexity index is 829. The van der Waals surface area contributed by atoms with Gasteiger partial charge >= 0.3 is 5.97 Å². The van der Waals surface area contributed by atoms with Crippen molar-refractivity contribution in [2.45, 2.75) is 45.6 Å². The number of aryl methyl sites for hydroxylation is 1. The molecule has 3 rings (SSSR count). The van der Waals surface area contributed by atoms with Crippen LogP contribution in [-0.2, 0) is 22.4 Å². The predicted octanol–water partition coefficient (Wildman–Crippen LogP) is 4.46. The van der Waals surface area contributed by atoms with Gasteiger partial charge in [-0.3, -0.25) is 4.79 Å². The quantitative estimate of drug-likeness (QED) is 0.744. The van der Waals surface area contributed by atoms with Crippen LogP contribution in [0.25, 0.3) is 0 Å². The molecule has 0 spiro atoms. The van der Waals surface area contributed by atoms with E-state index in [9.17, 15) is 9.59 Å². The lowest BCUT2D eigenvalue weighted by Crippen LogP contribution is -2.29. The second-order valence-electron chi connectivity index (χ2n) is 6.81. The lowest BCUT2D eigenvalue weighted by atomic mass is 9.87. The fourth-order valence-corrected chi connectivity index (χ4v) is 4.39. The van der Waals surface area contributed by atoms with E-state index < -0.39 is 12.1 Å². The first-order valence-corrected chi connectivity index (χ1v) is 10.1. The van der Waals surface area contributed by atoms with Crippen LogP contribution in [-0.4, -0.2) is 25.1 Å². The van der Waals surface area contributed by atoms with Crippen LogP contribution in [0.4, 0.5) is 5.69 Å². The zero-order valence-corrected chi connectivity index (χ0v) is 16.7. The first-order chi connectivity index (χ1) is 13.0. The number of anilines is 1. The number of carbonyl (C=O) groups is 2. The number of benzene rings is 1. The minimum atomic E-state index is -0.898. The summed E-state index contributed by atoms with van der Waals surface area (Å²) in [4.78, 5) is 26.7. The molecule has 1 aliphatic carbocycles. The molecule has 5 nitrogen and oxygen atoms in total. The van der Waals surface area contributed by atoms with Crippen molar-refractivity contribution in [2.24, 2.45) is 5.92 Å². The van der Waals surface area contributed by atoms with Gasteiger partial charge in [0, 0.05) is 4.88 Å². The molecule has 1 aliphatic rings. The van der Waals surface area contributed by atoms with Crippen molar-refractivity contribution in [2.75, 3.05) is 12.4 Å². The van der Waals surface area contributed by atoms with Crippen molar-refractivity contribution < 1.29 is 19.1 Å². The van der Waals surface area contributed by atoms with Gasteiger partial charge in [0.05, 0.1) is 12.8 Å². The highest BCUT2D eigenvalue weighted by atomic mass is 32.1. The van der Waals surface area contributed by atoms with Crippen LogP contribution in [0, 0.1) is 5.92 Å². The molecule has 0 saturated carbocycles. The van der Waals surface area contributed by atoms with Crippen LogP contribution in [0.15, 0.2) is 30.3 Å². The maximum absolute atomic E-state index is 12.5. The SMILES string of the molecule is CC[C@@H]1CCc2sc(C(=O)O[C@@H](C)C(=O)Nc3ccccc3OC)cc2C1. The monoisotopic (exact) mass is 387 g/mol. The molecule has 0 fully saturated rings. The number of methoxy groups -OCH3 is 1. The summed E-state index contributed by atoms with van der Waals surface area (Å²) in [5.41, 5.74) is 1.81. The van der Waals surface area contributed by atoms with Gasteiger partial charge in [0.25, 0.3) is 5.91 Å². The van der Waals surface area contributed by atoms with Crippen LogP contribution in [0.2, 0.25) is 0 Å². The minimum absolute atomic E-state index is 0.389.